The normalized spacial score (nSPS) is 13.8. The van der Waals surface area contributed by atoms with Crippen molar-refractivity contribution in [3.8, 4) is 5.75 Å². The van der Waals surface area contributed by atoms with E-state index in [0.717, 1.165) is 12.8 Å². The Balaban J connectivity index is 1.66. The molecule has 0 aliphatic heterocycles. The maximum Gasteiger partial charge on any atom is 0.265 e. The lowest BCUT2D eigenvalue weighted by Crippen LogP contribution is -2.31. The molecule has 1 aliphatic carbocycles. The van der Waals surface area contributed by atoms with Gasteiger partial charge in [-0.3, -0.25) is 9.59 Å². The van der Waals surface area contributed by atoms with Crippen molar-refractivity contribution in [2.45, 2.75) is 38.7 Å². The molecule has 0 spiro atoms. The second-order valence-corrected chi connectivity index (χ2v) is 6.93. The van der Waals surface area contributed by atoms with Crippen LogP contribution in [-0.2, 0) is 17.6 Å². The third kappa shape index (κ3) is 4.80. The first-order valence-corrected chi connectivity index (χ1v) is 9.66. The number of fused-ring (bicyclic) bond motifs is 1. The number of anilines is 1. The van der Waals surface area contributed by atoms with Crippen molar-refractivity contribution >= 4 is 17.5 Å². The van der Waals surface area contributed by atoms with Gasteiger partial charge in [-0.25, -0.2) is 0 Å². The van der Waals surface area contributed by atoms with E-state index in [2.05, 4.69) is 23.3 Å². The standard InChI is InChI=1S/C23H26N2O3/c1-3-14-24-23(27)20-10-6-7-11-21(20)25-22(26)16(2)28-19-13-12-17-8-4-5-9-18(17)15-19/h3,6-7,10-13,15-16H,1,4-5,8-9,14H2,2H3,(H,24,27)(H,25,26)/t16-/m0/s1. The minimum atomic E-state index is -0.689. The van der Waals surface area contributed by atoms with Gasteiger partial charge >= 0.3 is 0 Å². The van der Waals surface area contributed by atoms with Crippen molar-refractivity contribution < 1.29 is 14.3 Å². The van der Waals surface area contributed by atoms with Gasteiger partial charge in [0.25, 0.3) is 11.8 Å². The van der Waals surface area contributed by atoms with E-state index in [1.807, 2.05) is 12.1 Å². The number of aryl methyl sites for hydroxylation is 2. The van der Waals surface area contributed by atoms with Crippen LogP contribution in [-0.4, -0.2) is 24.5 Å². The maximum absolute atomic E-state index is 12.6. The fourth-order valence-corrected chi connectivity index (χ4v) is 3.33. The van der Waals surface area contributed by atoms with Crippen molar-refractivity contribution in [3.05, 3.63) is 71.8 Å². The number of carbonyl (C=O) groups is 2. The molecule has 0 aromatic heterocycles. The summed E-state index contributed by atoms with van der Waals surface area (Å²) >= 11 is 0. The second kappa shape index (κ2) is 9.22. The molecule has 0 heterocycles. The van der Waals surface area contributed by atoms with Gasteiger partial charge in [0.05, 0.1) is 11.3 Å². The molecule has 0 unspecified atom stereocenters. The van der Waals surface area contributed by atoms with Gasteiger partial charge < -0.3 is 15.4 Å². The number of carbonyl (C=O) groups excluding carboxylic acids is 2. The van der Waals surface area contributed by atoms with E-state index in [0.29, 0.717) is 23.5 Å². The van der Waals surface area contributed by atoms with Crippen LogP contribution < -0.4 is 15.4 Å². The van der Waals surface area contributed by atoms with Crippen LogP contribution in [0.5, 0.6) is 5.75 Å². The number of benzene rings is 2. The average Bonchev–Trinajstić information content (AvgIpc) is 2.72. The van der Waals surface area contributed by atoms with Gasteiger partial charge in [0.1, 0.15) is 5.75 Å². The highest BCUT2D eigenvalue weighted by atomic mass is 16.5. The first-order chi connectivity index (χ1) is 13.6. The van der Waals surface area contributed by atoms with E-state index in [4.69, 9.17) is 4.74 Å². The van der Waals surface area contributed by atoms with Gasteiger partial charge in [0.15, 0.2) is 6.10 Å². The average molecular weight is 378 g/mol. The molecule has 5 heteroatoms. The molecule has 2 aromatic carbocycles. The lowest BCUT2D eigenvalue weighted by atomic mass is 9.92. The SMILES string of the molecule is C=CCNC(=O)c1ccccc1NC(=O)[C@H](C)Oc1ccc2c(c1)CCCC2. The van der Waals surface area contributed by atoms with Crippen molar-refractivity contribution in [3.63, 3.8) is 0 Å². The summed E-state index contributed by atoms with van der Waals surface area (Å²) in [5, 5.41) is 5.52. The minimum absolute atomic E-state index is 0.265. The lowest BCUT2D eigenvalue weighted by Gasteiger charge is -2.19. The third-order valence-corrected chi connectivity index (χ3v) is 4.84. The Morgan fingerprint density at radius 2 is 1.89 bits per heavy atom. The highest BCUT2D eigenvalue weighted by Crippen LogP contribution is 2.26. The Morgan fingerprint density at radius 1 is 1.14 bits per heavy atom. The maximum atomic E-state index is 12.6. The van der Waals surface area contributed by atoms with E-state index in [1.165, 1.54) is 24.0 Å². The predicted octanol–water partition coefficient (Wildman–Crippen LogP) is 3.89. The van der Waals surface area contributed by atoms with Crippen molar-refractivity contribution in [2.75, 3.05) is 11.9 Å². The summed E-state index contributed by atoms with van der Waals surface area (Å²) in [4.78, 5) is 24.9. The fraction of sp³-hybridized carbons (Fsp3) is 0.304. The highest BCUT2D eigenvalue weighted by molar-refractivity contribution is 6.04. The van der Waals surface area contributed by atoms with Crippen LogP contribution in [0.2, 0.25) is 0 Å². The van der Waals surface area contributed by atoms with Crippen LogP contribution >= 0.6 is 0 Å². The van der Waals surface area contributed by atoms with Crippen LogP contribution in [0.4, 0.5) is 5.69 Å². The summed E-state index contributed by atoms with van der Waals surface area (Å²) in [6.07, 6.45) is 5.50. The summed E-state index contributed by atoms with van der Waals surface area (Å²) < 4.78 is 5.85. The summed E-state index contributed by atoms with van der Waals surface area (Å²) in [5.41, 5.74) is 3.53. The third-order valence-electron chi connectivity index (χ3n) is 4.84. The zero-order chi connectivity index (χ0) is 19.9. The Hall–Kier alpha value is -3.08. The lowest BCUT2D eigenvalue weighted by molar-refractivity contribution is -0.122. The summed E-state index contributed by atoms with van der Waals surface area (Å²) in [6, 6.07) is 12.9. The molecule has 1 atom stereocenters. The van der Waals surface area contributed by atoms with E-state index >= 15 is 0 Å². The topological polar surface area (TPSA) is 67.4 Å². The fourth-order valence-electron chi connectivity index (χ4n) is 3.33. The van der Waals surface area contributed by atoms with Crippen LogP contribution in [0.3, 0.4) is 0 Å². The molecule has 28 heavy (non-hydrogen) atoms. The Labute approximate surface area is 165 Å². The summed E-state index contributed by atoms with van der Waals surface area (Å²) in [5.74, 6) is 0.126. The van der Waals surface area contributed by atoms with Crippen LogP contribution in [0.1, 0.15) is 41.3 Å². The summed E-state index contributed by atoms with van der Waals surface area (Å²) in [7, 11) is 0. The molecule has 2 amide bonds. The van der Waals surface area contributed by atoms with Gasteiger partial charge in [0.2, 0.25) is 0 Å². The number of ether oxygens (including phenoxy) is 1. The molecular formula is C23H26N2O3. The molecule has 3 rings (SSSR count). The molecular weight excluding hydrogens is 352 g/mol. The number of hydrogen-bond donors (Lipinski definition) is 2. The predicted molar refractivity (Wildman–Crippen MR) is 111 cm³/mol. The van der Waals surface area contributed by atoms with Crippen LogP contribution in [0, 0.1) is 0 Å². The van der Waals surface area contributed by atoms with E-state index in [9.17, 15) is 9.59 Å². The number of nitrogens with one attached hydrogen (secondary N) is 2. The second-order valence-electron chi connectivity index (χ2n) is 6.93. The smallest absolute Gasteiger partial charge is 0.265 e. The molecule has 2 N–H and O–H groups in total. The van der Waals surface area contributed by atoms with E-state index in [-0.39, 0.29) is 11.8 Å². The van der Waals surface area contributed by atoms with Crippen molar-refractivity contribution in [1.29, 1.82) is 0 Å². The number of rotatable bonds is 7. The monoisotopic (exact) mass is 378 g/mol. The van der Waals surface area contributed by atoms with Gasteiger partial charge in [0, 0.05) is 6.54 Å². The van der Waals surface area contributed by atoms with Gasteiger partial charge in [-0.1, -0.05) is 24.3 Å². The number of para-hydroxylation sites is 1. The summed E-state index contributed by atoms with van der Waals surface area (Å²) in [6.45, 7) is 5.65. The number of amides is 2. The van der Waals surface area contributed by atoms with Crippen molar-refractivity contribution in [2.24, 2.45) is 0 Å². The highest BCUT2D eigenvalue weighted by Gasteiger charge is 2.19. The molecule has 0 saturated heterocycles. The first kappa shape index (κ1) is 19.7. The largest absolute Gasteiger partial charge is 0.481 e. The number of hydrogen-bond acceptors (Lipinski definition) is 3. The molecule has 5 nitrogen and oxygen atoms in total. The molecule has 146 valence electrons. The Bertz CT molecular complexity index is 876. The van der Waals surface area contributed by atoms with Gasteiger partial charge in [-0.05, 0) is 68.0 Å². The quantitative estimate of drug-likeness (QED) is 0.719. The minimum Gasteiger partial charge on any atom is -0.481 e. The zero-order valence-corrected chi connectivity index (χ0v) is 16.2. The van der Waals surface area contributed by atoms with Crippen LogP contribution in [0.25, 0.3) is 0 Å². The Kier molecular flexibility index (Phi) is 6.48. The van der Waals surface area contributed by atoms with Gasteiger partial charge in [-0.15, -0.1) is 6.58 Å². The molecule has 0 fully saturated rings. The molecule has 2 aromatic rings. The first-order valence-electron chi connectivity index (χ1n) is 9.66. The zero-order valence-electron chi connectivity index (χ0n) is 16.2. The van der Waals surface area contributed by atoms with E-state index < -0.39 is 6.10 Å². The molecule has 0 bridgehead atoms. The Morgan fingerprint density at radius 3 is 2.68 bits per heavy atom. The van der Waals surface area contributed by atoms with E-state index in [1.54, 1.807) is 37.3 Å². The van der Waals surface area contributed by atoms with Crippen LogP contribution in [0.15, 0.2) is 55.1 Å². The van der Waals surface area contributed by atoms with Crippen molar-refractivity contribution in [1.82, 2.24) is 5.32 Å². The molecule has 1 aliphatic rings. The molecule has 0 radical (unpaired) electrons. The van der Waals surface area contributed by atoms with Gasteiger partial charge in [-0.2, -0.15) is 0 Å². The molecule has 0 saturated carbocycles.